The van der Waals surface area contributed by atoms with Crippen LogP contribution in [-0.4, -0.2) is 48.9 Å². The van der Waals surface area contributed by atoms with Crippen molar-refractivity contribution in [2.75, 3.05) is 0 Å². The van der Waals surface area contributed by atoms with Gasteiger partial charge in [0, 0.05) is 22.5 Å². The summed E-state index contributed by atoms with van der Waals surface area (Å²) < 4.78 is 5.55. The normalized spacial score (nSPS) is 17.9. The van der Waals surface area contributed by atoms with Crippen molar-refractivity contribution in [2.24, 2.45) is 17.8 Å². The largest absolute Gasteiger partial charge is 0.461 e. The summed E-state index contributed by atoms with van der Waals surface area (Å²) in [6.45, 7) is 8.09. The quantitative estimate of drug-likeness (QED) is 0.126. The SMILES string of the molecule is CCC(C)[C@H](CC(=O)OCc1ccccc1)C(=O)N[C@]1(C(=O)N[C@@H](CC(C)C)c2nn[nH]n2)CCc2[nH]c3c(Cl)cc(Cl)cc3c2C1. The lowest BCUT2D eigenvalue weighted by Crippen LogP contribution is -2.63. The van der Waals surface area contributed by atoms with E-state index in [1.54, 1.807) is 6.07 Å². The Bertz CT molecular complexity index is 1710. The van der Waals surface area contributed by atoms with Crippen LogP contribution in [0.4, 0.5) is 0 Å². The molecule has 0 fully saturated rings. The van der Waals surface area contributed by atoms with Crippen LogP contribution in [0.25, 0.3) is 10.9 Å². The van der Waals surface area contributed by atoms with Crippen molar-refractivity contribution in [1.82, 2.24) is 36.2 Å². The zero-order chi connectivity index (χ0) is 33.7. The molecular formula is C34H41Cl2N7O4. The van der Waals surface area contributed by atoms with Crippen LogP contribution in [-0.2, 0) is 38.6 Å². The molecule has 1 aliphatic carbocycles. The fraction of sp³-hybridized carbons (Fsp3) is 0.471. The van der Waals surface area contributed by atoms with E-state index in [2.05, 4.69) is 36.2 Å². The predicted molar refractivity (Wildman–Crippen MR) is 180 cm³/mol. The number of aryl methyl sites for hydroxylation is 1. The summed E-state index contributed by atoms with van der Waals surface area (Å²) in [5.41, 5.74) is 2.02. The van der Waals surface area contributed by atoms with E-state index in [1.165, 1.54) is 0 Å². The highest BCUT2D eigenvalue weighted by Crippen LogP contribution is 2.39. The highest BCUT2D eigenvalue weighted by molar-refractivity contribution is 6.38. The van der Waals surface area contributed by atoms with E-state index in [0.717, 1.165) is 27.7 Å². The fourth-order valence-electron chi connectivity index (χ4n) is 6.28. The number of nitrogens with zero attached hydrogens (tertiary/aromatic N) is 3. The standard InChI is InChI=1S/C34H41Cl2N7O4/c1-5-20(4)23(16-29(44)47-18-21-9-7-6-8-10-21)32(45)39-34(33(46)38-28(13-19(2)3)31-40-42-43-41-31)12-11-27-25(17-34)24-14-22(35)15-26(36)30(24)37-27/h6-10,14-15,19-20,23,28,37H,5,11-13,16-18H2,1-4H3,(H,38,46)(H,39,45)(H,40,41,42,43)/t20?,23-,28-,34+/m0/s1. The molecule has 0 saturated heterocycles. The molecule has 13 heteroatoms. The van der Waals surface area contributed by atoms with Gasteiger partial charge in [-0.2, -0.15) is 5.21 Å². The molecule has 4 N–H and O–H groups in total. The zero-order valence-electron chi connectivity index (χ0n) is 27.0. The Hall–Kier alpha value is -3.96. The lowest BCUT2D eigenvalue weighted by molar-refractivity contribution is -0.149. The number of hydrogen-bond acceptors (Lipinski definition) is 7. The number of aromatic nitrogens is 5. The minimum absolute atomic E-state index is 0.114. The lowest BCUT2D eigenvalue weighted by atomic mass is 9.77. The Morgan fingerprint density at radius 3 is 2.55 bits per heavy atom. The van der Waals surface area contributed by atoms with Crippen molar-refractivity contribution in [3.8, 4) is 0 Å². The topological polar surface area (TPSA) is 155 Å². The number of tetrazole rings is 1. The number of benzene rings is 2. The first kappa shape index (κ1) is 34.4. The summed E-state index contributed by atoms with van der Waals surface area (Å²) in [5, 5.41) is 22.5. The molecule has 2 amide bonds. The molecule has 4 aromatic rings. The van der Waals surface area contributed by atoms with Gasteiger partial charge in [0.15, 0.2) is 5.82 Å². The summed E-state index contributed by atoms with van der Waals surface area (Å²) >= 11 is 13.0. The van der Waals surface area contributed by atoms with E-state index in [1.807, 2.05) is 64.1 Å². The number of esters is 1. The van der Waals surface area contributed by atoms with Gasteiger partial charge in [0.2, 0.25) is 11.8 Å². The Morgan fingerprint density at radius 2 is 1.87 bits per heavy atom. The molecule has 11 nitrogen and oxygen atoms in total. The molecule has 1 unspecified atom stereocenters. The van der Waals surface area contributed by atoms with Gasteiger partial charge in [-0.3, -0.25) is 14.4 Å². The second-order valence-electron chi connectivity index (χ2n) is 12.9. The average Bonchev–Trinajstić information content (AvgIpc) is 3.71. The van der Waals surface area contributed by atoms with Gasteiger partial charge in [-0.15, -0.1) is 10.2 Å². The third-order valence-corrected chi connectivity index (χ3v) is 9.60. The third kappa shape index (κ3) is 7.96. The van der Waals surface area contributed by atoms with Crippen LogP contribution in [0.5, 0.6) is 0 Å². The van der Waals surface area contributed by atoms with Crippen molar-refractivity contribution in [2.45, 2.75) is 84.4 Å². The molecule has 0 bridgehead atoms. The van der Waals surface area contributed by atoms with Crippen molar-refractivity contribution in [1.29, 1.82) is 0 Å². The minimum Gasteiger partial charge on any atom is -0.461 e. The first-order valence-corrected chi connectivity index (χ1v) is 16.8. The van der Waals surface area contributed by atoms with Crippen LogP contribution in [0.2, 0.25) is 10.0 Å². The molecule has 1 aliphatic rings. The highest BCUT2D eigenvalue weighted by Gasteiger charge is 2.46. The first-order chi connectivity index (χ1) is 22.5. The van der Waals surface area contributed by atoms with E-state index in [0.29, 0.717) is 41.6 Å². The van der Waals surface area contributed by atoms with Gasteiger partial charge in [0.05, 0.1) is 28.9 Å². The number of fused-ring (bicyclic) bond motifs is 3. The van der Waals surface area contributed by atoms with E-state index in [4.69, 9.17) is 27.9 Å². The van der Waals surface area contributed by atoms with E-state index in [9.17, 15) is 14.4 Å². The van der Waals surface area contributed by atoms with Gasteiger partial charge in [-0.1, -0.05) is 92.9 Å². The Balaban J connectivity index is 1.46. The van der Waals surface area contributed by atoms with E-state index in [-0.39, 0.29) is 43.1 Å². The number of H-pyrrole nitrogens is 2. The van der Waals surface area contributed by atoms with Gasteiger partial charge in [-0.25, -0.2) is 0 Å². The maximum atomic E-state index is 14.5. The molecule has 0 spiro atoms. The summed E-state index contributed by atoms with van der Waals surface area (Å²) in [4.78, 5) is 45.2. The molecule has 2 heterocycles. The molecule has 2 aromatic heterocycles. The van der Waals surface area contributed by atoms with Crippen LogP contribution in [0.3, 0.4) is 0 Å². The average molecular weight is 683 g/mol. The summed E-state index contributed by atoms with van der Waals surface area (Å²) in [6, 6.07) is 12.3. The van der Waals surface area contributed by atoms with Crippen LogP contribution < -0.4 is 10.6 Å². The number of ether oxygens (including phenoxy) is 1. The number of rotatable bonds is 13. The highest BCUT2D eigenvalue weighted by atomic mass is 35.5. The molecule has 2 aromatic carbocycles. The molecular weight excluding hydrogens is 641 g/mol. The summed E-state index contributed by atoms with van der Waals surface area (Å²) in [6.07, 6.45) is 2.05. The third-order valence-electron chi connectivity index (χ3n) is 9.08. The van der Waals surface area contributed by atoms with Crippen molar-refractivity contribution >= 4 is 51.9 Å². The fourth-order valence-corrected chi connectivity index (χ4v) is 6.83. The summed E-state index contributed by atoms with van der Waals surface area (Å²) in [7, 11) is 0. The summed E-state index contributed by atoms with van der Waals surface area (Å²) in [5.74, 6) is -1.54. The second kappa shape index (κ2) is 14.9. The van der Waals surface area contributed by atoms with Crippen molar-refractivity contribution in [3.63, 3.8) is 0 Å². The van der Waals surface area contributed by atoms with Crippen LogP contribution in [0, 0.1) is 17.8 Å². The second-order valence-corrected chi connectivity index (χ2v) is 13.8. The molecule has 250 valence electrons. The molecule has 47 heavy (non-hydrogen) atoms. The number of nitrogens with one attached hydrogen (secondary N) is 4. The molecule has 0 aliphatic heterocycles. The minimum atomic E-state index is -1.35. The van der Waals surface area contributed by atoms with Crippen molar-refractivity contribution < 1.29 is 19.1 Å². The number of carbonyl (C=O) groups excluding carboxylic acids is 3. The number of aromatic amines is 2. The molecule has 0 saturated carbocycles. The lowest BCUT2D eigenvalue weighted by Gasteiger charge is -2.39. The van der Waals surface area contributed by atoms with E-state index < -0.39 is 23.5 Å². The molecule has 5 rings (SSSR count). The van der Waals surface area contributed by atoms with Crippen molar-refractivity contribution in [3.05, 3.63) is 75.2 Å². The number of halogens is 2. The maximum absolute atomic E-state index is 14.5. The van der Waals surface area contributed by atoms with Gasteiger partial charge in [0.1, 0.15) is 12.1 Å². The smallest absolute Gasteiger partial charge is 0.306 e. The Morgan fingerprint density at radius 1 is 1.11 bits per heavy atom. The molecule has 4 atom stereocenters. The number of carbonyl (C=O) groups is 3. The number of amides is 2. The van der Waals surface area contributed by atoms with Crippen LogP contribution in [0.1, 0.15) is 82.1 Å². The Labute approximate surface area is 283 Å². The maximum Gasteiger partial charge on any atom is 0.306 e. The van der Waals surface area contributed by atoms with Gasteiger partial charge >= 0.3 is 5.97 Å². The van der Waals surface area contributed by atoms with Crippen LogP contribution in [0.15, 0.2) is 42.5 Å². The van der Waals surface area contributed by atoms with Crippen LogP contribution >= 0.6 is 23.2 Å². The first-order valence-electron chi connectivity index (χ1n) is 16.0. The molecule has 0 radical (unpaired) electrons. The number of hydrogen-bond donors (Lipinski definition) is 4. The van der Waals surface area contributed by atoms with E-state index >= 15 is 0 Å². The van der Waals surface area contributed by atoms with Gasteiger partial charge < -0.3 is 20.4 Å². The monoisotopic (exact) mass is 681 g/mol. The zero-order valence-corrected chi connectivity index (χ0v) is 28.5. The Kier molecular flexibility index (Phi) is 10.9. The predicted octanol–water partition coefficient (Wildman–Crippen LogP) is 6.03. The van der Waals surface area contributed by atoms with Gasteiger partial charge in [-0.05, 0) is 54.4 Å². The van der Waals surface area contributed by atoms with Gasteiger partial charge in [0.25, 0.3) is 0 Å².